The normalized spacial score (nSPS) is 12.9. The van der Waals surface area contributed by atoms with Crippen molar-refractivity contribution in [2.45, 2.75) is 24.8 Å². The Morgan fingerprint density at radius 2 is 1.89 bits per heavy atom. The van der Waals surface area contributed by atoms with E-state index in [1.54, 1.807) is 23.1 Å². The topological polar surface area (TPSA) is 38.9 Å². The number of thioether (sulfide) groups is 1. The van der Waals surface area contributed by atoms with Crippen LogP contribution in [0.3, 0.4) is 0 Å². The van der Waals surface area contributed by atoms with Crippen molar-refractivity contribution in [2.24, 2.45) is 11.7 Å². The van der Waals surface area contributed by atoms with E-state index < -0.39 is 0 Å². The van der Waals surface area contributed by atoms with Gasteiger partial charge in [0.2, 0.25) is 0 Å². The summed E-state index contributed by atoms with van der Waals surface area (Å²) in [6.45, 7) is 4.25. The number of hydrogen-bond donors (Lipinski definition) is 1. The molecule has 0 saturated carbocycles. The van der Waals surface area contributed by atoms with Crippen LogP contribution in [-0.4, -0.2) is 11.2 Å². The number of nitrogens with two attached hydrogens (primary N) is 1. The van der Waals surface area contributed by atoms with Gasteiger partial charge < -0.3 is 5.73 Å². The number of hydrogen-bond acceptors (Lipinski definition) is 4. The molecular weight excluding hydrogens is 260 g/mol. The predicted molar refractivity (Wildman–Crippen MR) is 81.1 cm³/mol. The Balaban J connectivity index is 2.23. The highest BCUT2D eigenvalue weighted by Crippen LogP contribution is 2.28. The fourth-order valence-electron chi connectivity index (χ4n) is 1.62. The zero-order chi connectivity index (χ0) is 13.1. The molecule has 0 fully saturated rings. The summed E-state index contributed by atoms with van der Waals surface area (Å²) in [7, 11) is 0. The van der Waals surface area contributed by atoms with Gasteiger partial charge in [0.25, 0.3) is 0 Å². The van der Waals surface area contributed by atoms with Crippen LogP contribution in [0.25, 0.3) is 11.3 Å². The summed E-state index contributed by atoms with van der Waals surface area (Å²) in [5.74, 6) is 0.419. The first kappa shape index (κ1) is 13.6. The number of aromatic nitrogens is 1. The number of rotatable bonds is 4. The van der Waals surface area contributed by atoms with Crippen LogP contribution >= 0.6 is 23.1 Å². The number of thiazole rings is 1. The van der Waals surface area contributed by atoms with Crippen molar-refractivity contribution in [3.8, 4) is 11.3 Å². The van der Waals surface area contributed by atoms with Gasteiger partial charge in [-0.3, -0.25) is 0 Å². The standard InChI is InChI=1S/C14H18N2S2/c1-9(2)13(15)14-16-12(8-18-14)10-4-6-11(17-3)7-5-10/h4-9,13H,15H2,1-3H3. The van der Waals surface area contributed by atoms with E-state index in [1.807, 2.05) is 0 Å². The lowest BCUT2D eigenvalue weighted by atomic mass is 10.1. The lowest BCUT2D eigenvalue weighted by molar-refractivity contribution is 0.512. The molecule has 2 rings (SSSR count). The summed E-state index contributed by atoms with van der Waals surface area (Å²) in [5.41, 5.74) is 8.30. The van der Waals surface area contributed by atoms with Crippen molar-refractivity contribution in [1.29, 1.82) is 0 Å². The highest BCUT2D eigenvalue weighted by Gasteiger charge is 2.15. The van der Waals surface area contributed by atoms with Crippen LogP contribution in [0.15, 0.2) is 34.5 Å². The second kappa shape index (κ2) is 5.87. The Hall–Kier alpha value is -0.840. The van der Waals surface area contributed by atoms with E-state index in [0.717, 1.165) is 16.3 Å². The molecule has 0 aliphatic heterocycles. The Morgan fingerprint density at radius 1 is 1.22 bits per heavy atom. The fourth-order valence-corrected chi connectivity index (χ4v) is 3.03. The van der Waals surface area contributed by atoms with E-state index in [0.29, 0.717) is 5.92 Å². The first-order valence-electron chi connectivity index (χ1n) is 5.97. The SMILES string of the molecule is CSc1ccc(-c2csc(C(N)C(C)C)n2)cc1. The van der Waals surface area contributed by atoms with Gasteiger partial charge in [0.05, 0.1) is 11.7 Å². The Morgan fingerprint density at radius 3 is 2.44 bits per heavy atom. The number of benzene rings is 1. The molecule has 96 valence electrons. The molecule has 0 amide bonds. The minimum atomic E-state index is 0.0363. The summed E-state index contributed by atoms with van der Waals surface area (Å²) in [5, 5.41) is 3.11. The van der Waals surface area contributed by atoms with Crippen LogP contribution in [0.2, 0.25) is 0 Å². The van der Waals surface area contributed by atoms with Crippen molar-refractivity contribution in [3.63, 3.8) is 0 Å². The molecule has 0 saturated heterocycles. The second-order valence-electron chi connectivity index (χ2n) is 4.57. The van der Waals surface area contributed by atoms with Crippen molar-refractivity contribution in [1.82, 2.24) is 4.98 Å². The molecule has 4 heteroatoms. The van der Waals surface area contributed by atoms with E-state index in [2.05, 4.69) is 54.7 Å². The zero-order valence-electron chi connectivity index (χ0n) is 10.9. The summed E-state index contributed by atoms with van der Waals surface area (Å²) < 4.78 is 0. The van der Waals surface area contributed by atoms with Gasteiger partial charge in [-0.05, 0) is 24.3 Å². The Kier molecular flexibility index (Phi) is 4.43. The largest absolute Gasteiger partial charge is 0.322 e. The van der Waals surface area contributed by atoms with Crippen LogP contribution in [0.5, 0.6) is 0 Å². The molecule has 0 aliphatic rings. The quantitative estimate of drug-likeness (QED) is 0.852. The van der Waals surface area contributed by atoms with Gasteiger partial charge in [0.15, 0.2) is 0 Å². The Bertz CT molecular complexity index is 503. The van der Waals surface area contributed by atoms with Crippen molar-refractivity contribution in [3.05, 3.63) is 34.7 Å². The molecule has 2 N–H and O–H groups in total. The first-order valence-corrected chi connectivity index (χ1v) is 8.07. The summed E-state index contributed by atoms with van der Waals surface area (Å²) in [4.78, 5) is 5.92. The van der Waals surface area contributed by atoms with E-state index in [1.165, 1.54) is 4.90 Å². The molecule has 2 nitrogen and oxygen atoms in total. The molecule has 0 aliphatic carbocycles. The molecule has 0 bridgehead atoms. The molecule has 1 heterocycles. The van der Waals surface area contributed by atoms with E-state index in [9.17, 15) is 0 Å². The van der Waals surface area contributed by atoms with Gasteiger partial charge in [0, 0.05) is 15.8 Å². The van der Waals surface area contributed by atoms with E-state index >= 15 is 0 Å². The smallest absolute Gasteiger partial charge is 0.110 e. The molecule has 0 spiro atoms. The zero-order valence-corrected chi connectivity index (χ0v) is 12.5. The summed E-state index contributed by atoms with van der Waals surface area (Å²) >= 11 is 3.40. The van der Waals surface area contributed by atoms with Crippen LogP contribution in [-0.2, 0) is 0 Å². The maximum absolute atomic E-state index is 6.12. The van der Waals surface area contributed by atoms with Crippen LogP contribution in [0, 0.1) is 5.92 Å². The minimum absolute atomic E-state index is 0.0363. The second-order valence-corrected chi connectivity index (χ2v) is 6.34. The molecule has 18 heavy (non-hydrogen) atoms. The van der Waals surface area contributed by atoms with Crippen molar-refractivity contribution < 1.29 is 0 Å². The average molecular weight is 278 g/mol. The van der Waals surface area contributed by atoms with Crippen molar-refractivity contribution >= 4 is 23.1 Å². The molecule has 1 atom stereocenters. The summed E-state index contributed by atoms with van der Waals surface area (Å²) in [6, 6.07) is 8.52. The lowest BCUT2D eigenvalue weighted by Crippen LogP contribution is -2.16. The van der Waals surface area contributed by atoms with Crippen molar-refractivity contribution in [2.75, 3.05) is 6.26 Å². The minimum Gasteiger partial charge on any atom is -0.322 e. The third kappa shape index (κ3) is 2.94. The third-order valence-electron chi connectivity index (χ3n) is 2.91. The third-order valence-corrected chi connectivity index (χ3v) is 4.60. The maximum atomic E-state index is 6.12. The molecule has 0 radical (unpaired) electrons. The molecule has 2 aromatic rings. The van der Waals surface area contributed by atoms with Gasteiger partial charge in [-0.2, -0.15) is 0 Å². The summed E-state index contributed by atoms with van der Waals surface area (Å²) in [6.07, 6.45) is 2.08. The highest BCUT2D eigenvalue weighted by molar-refractivity contribution is 7.98. The molecule has 1 aromatic heterocycles. The van der Waals surface area contributed by atoms with Crippen LogP contribution in [0.4, 0.5) is 0 Å². The van der Waals surface area contributed by atoms with Gasteiger partial charge in [-0.25, -0.2) is 4.98 Å². The van der Waals surface area contributed by atoms with Gasteiger partial charge >= 0.3 is 0 Å². The maximum Gasteiger partial charge on any atom is 0.110 e. The van der Waals surface area contributed by atoms with Crippen LogP contribution in [0.1, 0.15) is 24.9 Å². The lowest BCUT2D eigenvalue weighted by Gasteiger charge is -2.11. The fraction of sp³-hybridized carbons (Fsp3) is 0.357. The molecule has 1 unspecified atom stereocenters. The van der Waals surface area contributed by atoms with E-state index in [4.69, 9.17) is 5.73 Å². The first-order chi connectivity index (χ1) is 8.61. The number of nitrogens with zero attached hydrogens (tertiary/aromatic N) is 1. The van der Waals surface area contributed by atoms with Crippen LogP contribution < -0.4 is 5.73 Å². The molecule has 1 aromatic carbocycles. The van der Waals surface area contributed by atoms with Gasteiger partial charge in [-0.1, -0.05) is 26.0 Å². The highest BCUT2D eigenvalue weighted by atomic mass is 32.2. The van der Waals surface area contributed by atoms with E-state index in [-0.39, 0.29) is 6.04 Å². The van der Waals surface area contributed by atoms with Gasteiger partial charge in [0.1, 0.15) is 5.01 Å². The Labute approximate surface area is 117 Å². The monoisotopic (exact) mass is 278 g/mol. The molecular formula is C14H18N2S2. The predicted octanol–water partition coefficient (Wildman–Crippen LogP) is 4.19. The van der Waals surface area contributed by atoms with Gasteiger partial charge in [-0.15, -0.1) is 23.1 Å². The average Bonchev–Trinajstić information content (AvgIpc) is 2.87.